The van der Waals surface area contributed by atoms with Crippen molar-refractivity contribution in [2.24, 2.45) is 18.4 Å². The van der Waals surface area contributed by atoms with E-state index in [0.717, 1.165) is 0 Å². The molecule has 8 nitrogen and oxygen atoms in total. The lowest BCUT2D eigenvalue weighted by Gasteiger charge is -2.36. The molecule has 15 heteroatoms. The van der Waals surface area contributed by atoms with Crippen LogP contribution in [-0.2, 0) is 18.4 Å². The van der Waals surface area contributed by atoms with E-state index < -0.39 is 54.3 Å². The predicted molar refractivity (Wildman–Crippen MR) is 173 cm³/mol. The van der Waals surface area contributed by atoms with Crippen molar-refractivity contribution in [3.05, 3.63) is 45.4 Å². The summed E-state index contributed by atoms with van der Waals surface area (Å²) in [7, 11) is 1.72. The molecule has 1 heterocycles. The van der Waals surface area contributed by atoms with Crippen LogP contribution in [0.15, 0.2) is 24.3 Å². The van der Waals surface area contributed by atoms with E-state index in [9.17, 15) is 31.5 Å². The first kappa shape index (κ1) is 35.0. The highest BCUT2D eigenvalue weighted by atomic mass is 35.5. The summed E-state index contributed by atoms with van der Waals surface area (Å²) in [6, 6.07) is 5.48. The molecule has 0 radical (unpaired) electrons. The third kappa shape index (κ3) is 7.88. The van der Waals surface area contributed by atoms with Gasteiger partial charge in [-0.2, -0.15) is 13.2 Å². The largest absolute Gasteiger partial charge is 0.391 e. The number of carbonyl (C=O) groups is 2. The van der Waals surface area contributed by atoms with Gasteiger partial charge >= 0.3 is 6.18 Å². The number of hydrogen-bond acceptors (Lipinski definition) is 5. The molecule has 1 aromatic heterocycles. The van der Waals surface area contributed by atoms with Crippen LogP contribution in [0.3, 0.4) is 0 Å². The Morgan fingerprint density at radius 2 is 1.68 bits per heavy atom. The number of anilines is 3. The molecule has 2 saturated carbocycles. The fourth-order valence-corrected chi connectivity index (χ4v) is 6.40. The van der Waals surface area contributed by atoms with E-state index in [-0.39, 0.29) is 48.7 Å². The lowest BCUT2D eigenvalue weighted by molar-refractivity contribution is -0.182. The summed E-state index contributed by atoms with van der Waals surface area (Å²) in [6.45, 7) is 5.55. The fourth-order valence-electron chi connectivity index (χ4n) is 5.87. The topological polar surface area (TPSA) is 100 Å². The zero-order valence-corrected chi connectivity index (χ0v) is 27.9. The Morgan fingerprint density at radius 1 is 1.02 bits per heavy atom. The summed E-state index contributed by atoms with van der Waals surface area (Å²) in [4.78, 5) is 30.6. The van der Waals surface area contributed by atoms with E-state index in [4.69, 9.17) is 23.2 Å². The molecule has 0 bridgehead atoms. The third-order valence-corrected chi connectivity index (χ3v) is 9.51. The number of nitrogens with zero attached hydrogens (tertiary/aromatic N) is 2. The van der Waals surface area contributed by atoms with E-state index in [1.807, 2.05) is 0 Å². The number of amides is 2. The van der Waals surface area contributed by atoms with Gasteiger partial charge < -0.3 is 25.8 Å². The normalized spacial score (nSPS) is 20.1. The zero-order valence-electron chi connectivity index (χ0n) is 26.3. The Balaban J connectivity index is 1.42. The number of benzene rings is 2. The molecule has 0 unspecified atom stereocenters. The minimum absolute atomic E-state index is 0.0830. The van der Waals surface area contributed by atoms with E-state index in [1.54, 1.807) is 50.6 Å². The van der Waals surface area contributed by atoms with Crippen molar-refractivity contribution in [1.29, 1.82) is 0 Å². The Hall–Kier alpha value is -3.32. The molecule has 256 valence electrons. The van der Waals surface area contributed by atoms with Gasteiger partial charge in [-0.05, 0) is 49.4 Å². The van der Waals surface area contributed by atoms with Gasteiger partial charge in [-0.3, -0.25) is 9.59 Å². The monoisotopic (exact) mass is 702 g/mol. The maximum absolute atomic E-state index is 13.7. The number of carbonyl (C=O) groups excluding carboxylic acids is 2. The first-order valence-electron chi connectivity index (χ1n) is 15.4. The highest BCUT2D eigenvalue weighted by Crippen LogP contribution is 2.41. The Bertz CT molecular complexity index is 1670. The molecule has 2 fully saturated rings. The number of rotatable bonds is 8. The Kier molecular flexibility index (Phi) is 9.64. The van der Waals surface area contributed by atoms with Crippen molar-refractivity contribution in [3.63, 3.8) is 0 Å². The summed E-state index contributed by atoms with van der Waals surface area (Å²) in [6.07, 6.45) is -4.88. The standard InChI is InChI=1S/C32H37Cl2F5N6O2/c1-30(2,3)28(47)40-15-16-5-10-21(33)26(25(16)34)44-29-43-23-11-20(27(46)42-18-8-6-17(7-9-18)32(37,38)39)22(12-24(23)45(29)4)41-19-13-31(35,36)14-19/h5,10-12,17-19,41H,6-9,13-15H2,1-4H3,(H,40,47)(H,42,46)(H,43,44). The summed E-state index contributed by atoms with van der Waals surface area (Å²) in [5.41, 5.74) is 1.77. The lowest BCUT2D eigenvalue weighted by atomic mass is 9.85. The van der Waals surface area contributed by atoms with Gasteiger partial charge in [0.2, 0.25) is 11.9 Å². The molecule has 2 aromatic carbocycles. The SMILES string of the molecule is Cn1c(Nc2c(Cl)ccc(CNC(=O)C(C)(C)C)c2Cl)nc2cc(C(=O)NC3CCC(C(F)(F)F)CC3)c(NC3CC(F)(F)C3)cc21. The molecular weight excluding hydrogens is 666 g/mol. The van der Waals surface area contributed by atoms with Gasteiger partial charge in [-0.25, -0.2) is 13.8 Å². The number of hydrogen-bond donors (Lipinski definition) is 4. The molecule has 0 saturated heterocycles. The number of aryl methyl sites for hydroxylation is 1. The number of nitrogens with one attached hydrogen (secondary N) is 4. The Labute approximate surface area is 279 Å². The van der Waals surface area contributed by atoms with Crippen LogP contribution in [0.2, 0.25) is 10.0 Å². The number of aromatic nitrogens is 2. The summed E-state index contributed by atoms with van der Waals surface area (Å²) in [5.74, 6) is -4.57. The van der Waals surface area contributed by atoms with Crippen LogP contribution in [0.1, 0.15) is 75.2 Å². The molecule has 3 aromatic rings. The smallest absolute Gasteiger partial charge is 0.381 e. The van der Waals surface area contributed by atoms with Crippen LogP contribution in [-0.4, -0.2) is 45.5 Å². The van der Waals surface area contributed by atoms with E-state index >= 15 is 0 Å². The number of alkyl halides is 5. The van der Waals surface area contributed by atoms with Gasteiger partial charge in [0.1, 0.15) is 0 Å². The average Bonchev–Trinajstić information content (AvgIpc) is 3.26. The average molecular weight is 704 g/mol. The maximum atomic E-state index is 13.7. The quantitative estimate of drug-likeness (QED) is 0.177. The van der Waals surface area contributed by atoms with Gasteiger partial charge in [-0.15, -0.1) is 0 Å². The second-order valence-electron chi connectivity index (χ2n) is 13.5. The van der Waals surface area contributed by atoms with Crippen molar-refractivity contribution in [2.75, 3.05) is 10.6 Å². The Morgan fingerprint density at radius 3 is 2.28 bits per heavy atom. The molecule has 4 N–H and O–H groups in total. The van der Waals surface area contributed by atoms with Crippen LogP contribution in [0.5, 0.6) is 0 Å². The third-order valence-electron chi connectivity index (χ3n) is 8.77. The van der Waals surface area contributed by atoms with Crippen LogP contribution in [0.4, 0.5) is 39.3 Å². The first-order valence-corrected chi connectivity index (χ1v) is 16.1. The summed E-state index contributed by atoms with van der Waals surface area (Å²) in [5, 5.41) is 12.5. The lowest BCUT2D eigenvalue weighted by Crippen LogP contribution is -2.45. The molecule has 0 aliphatic heterocycles. The molecule has 47 heavy (non-hydrogen) atoms. The molecule has 2 aliphatic carbocycles. The molecule has 2 amide bonds. The number of fused-ring (bicyclic) bond motifs is 1. The highest BCUT2D eigenvalue weighted by Gasteiger charge is 2.46. The van der Waals surface area contributed by atoms with Crippen LogP contribution in [0.25, 0.3) is 11.0 Å². The van der Waals surface area contributed by atoms with E-state index in [0.29, 0.717) is 38.9 Å². The minimum atomic E-state index is -4.27. The minimum Gasteiger partial charge on any atom is -0.381 e. The van der Waals surface area contributed by atoms with Crippen molar-refractivity contribution in [3.8, 4) is 0 Å². The van der Waals surface area contributed by atoms with Gasteiger partial charge in [0.05, 0.1) is 38.2 Å². The second-order valence-corrected chi connectivity index (χ2v) is 14.3. The van der Waals surface area contributed by atoms with Crippen LogP contribution >= 0.6 is 23.2 Å². The zero-order chi connectivity index (χ0) is 34.5. The fraction of sp³-hybridized carbons (Fsp3) is 0.531. The van der Waals surface area contributed by atoms with Gasteiger partial charge in [0.15, 0.2) is 0 Å². The molecule has 0 spiro atoms. The molecular formula is C32H37Cl2F5N6O2. The van der Waals surface area contributed by atoms with E-state index in [2.05, 4.69) is 26.3 Å². The maximum Gasteiger partial charge on any atom is 0.391 e. The predicted octanol–water partition coefficient (Wildman–Crippen LogP) is 8.35. The summed E-state index contributed by atoms with van der Waals surface area (Å²) < 4.78 is 68.5. The summed E-state index contributed by atoms with van der Waals surface area (Å²) >= 11 is 13.2. The number of halogens is 7. The molecule has 0 atom stereocenters. The number of imidazole rings is 1. The van der Waals surface area contributed by atoms with Crippen molar-refractivity contribution in [2.45, 2.75) is 90.0 Å². The molecule has 2 aliphatic rings. The second kappa shape index (κ2) is 12.9. The van der Waals surface area contributed by atoms with Gasteiger partial charge in [-0.1, -0.05) is 50.0 Å². The van der Waals surface area contributed by atoms with Gasteiger partial charge in [0.25, 0.3) is 11.8 Å². The first-order chi connectivity index (χ1) is 21.8. The van der Waals surface area contributed by atoms with Gasteiger partial charge in [0, 0.05) is 49.6 Å². The van der Waals surface area contributed by atoms with Crippen LogP contribution in [0, 0.1) is 11.3 Å². The highest BCUT2D eigenvalue weighted by molar-refractivity contribution is 6.39. The van der Waals surface area contributed by atoms with Crippen molar-refractivity contribution in [1.82, 2.24) is 20.2 Å². The van der Waals surface area contributed by atoms with Crippen molar-refractivity contribution < 1.29 is 31.5 Å². The van der Waals surface area contributed by atoms with Crippen molar-refractivity contribution >= 4 is 63.4 Å². The molecule has 5 rings (SSSR count). The van der Waals surface area contributed by atoms with Crippen LogP contribution < -0.4 is 21.3 Å². The van der Waals surface area contributed by atoms with E-state index in [1.165, 1.54) is 6.07 Å².